The zero-order valence-corrected chi connectivity index (χ0v) is 15.6. The van der Waals surface area contributed by atoms with E-state index in [2.05, 4.69) is 9.88 Å². The molecule has 3 aromatic rings. The molecule has 2 N–H and O–H groups in total. The number of primary amides is 1. The summed E-state index contributed by atoms with van der Waals surface area (Å²) in [5.74, 6) is 1.84. The second kappa shape index (κ2) is 8.05. The van der Waals surface area contributed by atoms with E-state index < -0.39 is 0 Å². The van der Waals surface area contributed by atoms with Gasteiger partial charge < -0.3 is 19.8 Å². The second-order valence-corrected chi connectivity index (χ2v) is 6.78. The Morgan fingerprint density at radius 2 is 2.08 bits per heavy atom. The summed E-state index contributed by atoms with van der Waals surface area (Å²) in [6.07, 6.45) is 0.265. The number of methoxy groups -OCH3 is 1. The van der Waals surface area contributed by atoms with Gasteiger partial charge in [-0.1, -0.05) is 6.07 Å². The predicted octanol–water partition coefficient (Wildman–Crippen LogP) is 3.60. The smallest absolute Gasteiger partial charge is 0.236 e. The fourth-order valence-corrected chi connectivity index (χ4v) is 3.25. The number of oxazole rings is 1. The molecule has 26 heavy (non-hydrogen) atoms. The molecule has 3 rings (SSSR count). The Balaban J connectivity index is 1.83. The Labute approximate surface area is 156 Å². The van der Waals surface area contributed by atoms with E-state index in [-0.39, 0.29) is 12.3 Å². The third-order valence-corrected chi connectivity index (χ3v) is 4.89. The number of amides is 1. The molecule has 6 nitrogen and oxygen atoms in total. The summed E-state index contributed by atoms with van der Waals surface area (Å²) in [5, 5.41) is 1.99. The minimum Gasteiger partial charge on any atom is -0.497 e. The molecule has 0 unspecified atom stereocenters. The SMILES string of the molecule is COc1ccc(N(CCC(N)=O)Cc2nc(-c3cccs3)oc2C)cc1. The molecule has 0 saturated carbocycles. The van der Waals surface area contributed by atoms with Crippen molar-refractivity contribution >= 4 is 22.9 Å². The van der Waals surface area contributed by atoms with E-state index in [1.807, 2.05) is 48.7 Å². The van der Waals surface area contributed by atoms with Crippen LogP contribution in [0.25, 0.3) is 10.8 Å². The first-order valence-corrected chi connectivity index (χ1v) is 9.12. The number of hydrogen-bond acceptors (Lipinski definition) is 6. The molecule has 0 radical (unpaired) electrons. The van der Waals surface area contributed by atoms with Crippen LogP contribution in [0.15, 0.2) is 46.2 Å². The van der Waals surface area contributed by atoms with Crippen molar-refractivity contribution in [1.29, 1.82) is 0 Å². The van der Waals surface area contributed by atoms with Crippen molar-refractivity contribution in [3.63, 3.8) is 0 Å². The predicted molar refractivity (Wildman–Crippen MR) is 102 cm³/mol. The highest BCUT2D eigenvalue weighted by Crippen LogP contribution is 2.28. The molecule has 0 aliphatic carbocycles. The van der Waals surface area contributed by atoms with E-state index in [4.69, 9.17) is 14.9 Å². The van der Waals surface area contributed by atoms with Crippen molar-refractivity contribution in [2.45, 2.75) is 19.9 Å². The number of anilines is 1. The Morgan fingerprint density at radius 3 is 2.69 bits per heavy atom. The molecule has 136 valence electrons. The second-order valence-electron chi connectivity index (χ2n) is 5.84. The summed E-state index contributed by atoms with van der Waals surface area (Å²) in [6.45, 7) is 2.93. The minimum atomic E-state index is -0.334. The van der Waals surface area contributed by atoms with Crippen LogP contribution >= 0.6 is 11.3 Å². The highest BCUT2D eigenvalue weighted by Gasteiger charge is 2.16. The largest absolute Gasteiger partial charge is 0.497 e. The van der Waals surface area contributed by atoms with E-state index in [1.165, 1.54) is 0 Å². The average molecular weight is 371 g/mol. The van der Waals surface area contributed by atoms with Gasteiger partial charge >= 0.3 is 0 Å². The van der Waals surface area contributed by atoms with Gasteiger partial charge in [-0.05, 0) is 42.6 Å². The lowest BCUT2D eigenvalue weighted by Gasteiger charge is -2.23. The summed E-state index contributed by atoms with van der Waals surface area (Å²) >= 11 is 1.59. The third kappa shape index (κ3) is 4.23. The van der Waals surface area contributed by atoms with Crippen molar-refractivity contribution in [3.05, 3.63) is 53.2 Å². The number of nitrogens with zero attached hydrogens (tertiary/aromatic N) is 2. The van der Waals surface area contributed by atoms with Crippen LogP contribution in [0.4, 0.5) is 5.69 Å². The highest BCUT2D eigenvalue weighted by atomic mass is 32.1. The molecule has 7 heteroatoms. The van der Waals surface area contributed by atoms with Gasteiger partial charge in [0.15, 0.2) is 0 Å². The minimum absolute atomic E-state index is 0.265. The molecule has 1 amide bonds. The summed E-state index contributed by atoms with van der Waals surface area (Å²) in [5.41, 5.74) is 7.14. The van der Waals surface area contributed by atoms with Gasteiger partial charge in [0.1, 0.15) is 17.2 Å². The fraction of sp³-hybridized carbons (Fsp3) is 0.263. The van der Waals surface area contributed by atoms with Gasteiger partial charge in [0.05, 0.1) is 18.5 Å². The molecule has 0 aliphatic heterocycles. The molecule has 0 bridgehead atoms. The monoisotopic (exact) mass is 371 g/mol. The number of carbonyl (C=O) groups is 1. The van der Waals surface area contributed by atoms with Crippen molar-refractivity contribution in [2.24, 2.45) is 5.73 Å². The van der Waals surface area contributed by atoms with Gasteiger partial charge in [0.25, 0.3) is 0 Å². The van der Waals surface area contributed by atoms with Crippen LogP contribution in [-0.4, -0.2) is 24.5 Å². The van der Waals surface area contributed by atoms with Crippen LogP contribution in [0.5, 0.6) is 5.75 Å². The summed E-state index contributed by atoms with van der Waals surface area (Å²) < 4.78 is 11.0. The summed E-state index contributed by atoms with van der Waals surface area (Å²) in [7, 11) is 1.63. The van der Waals surface area contributed by atoms with Gasteiger partial charge in [-0.15, -0.1) is 11.3 Å². The van der Waals surface area contributed by atoms with Gasteiger partial charge in [0, 0.05) is 18.7 Å². The molecular formula is C19H21N3O3S. The number of nitrogens with two attached hydrogens (primary N) is 1. The van der Waals surface area contributed by atoms with E-state index >= 15 is 0 Å². The van der Waals surface area contributed by atoms with E-state index in [9.17, 15) is 4.79 Å². The zero-order chi connectivity index (χ0) is 18.5. The number of hydrogen-bond donors (Lipinski definition) is 1. The number of benzene rings is 1. The normalized spacial score (nSPS) is 10.7. The lowest BCUT2D eigenvalue weighted by Crippen LogP contribution is -2.28. The van der Waals surface area contributed by atoms with Crippen LogP contribution in [0.1, 0.15) is 17.9 Å². The standard InChI is InChI=1S/C19H21N3O3S/c1-13-16(21-19(25-13)17-4-3-11-26-17)12-22(10-9-18(20)23)14-5-7-15(24-2)8-6-14/h3-8,11H,9-10,12H2,1-2H3,(H2,20,23). The van der Waals surface area contributed by atoms with E-state index in [1.54, 1.807) is 18.4 Å². The van der Waals surface area contributed by atoms with E-state index in [0.29, 0.717) is 19.0 Å². The quantitative estimate of drug-likeness (QED) is 0.654. The Hall–Kier alpha value is -2.80. The van der Waals surface area contributed by atoms with Crippen molar-refractivity contribution < 1.29 is 13.9 Å². The average Bonchev–Trinajstić information content (AvgIpc) is 3.28. The number of thiophene rings is 1. The van der Waals surface area contributed by atoms with Crippen LogP contribution in [0.3, 0.4) is 0 Å². The van der Waals surface area contributed by atoms with Crippen molar-refractivity contribution in [3.8, 4) is 16.5 Å². The number of rotatable bonds is 8. The van der Waals surface area contributed by atoms with Gasteiger partial charge in [0.2, 0.25) is 11.8 Å². The molecule has 1 aromatic carbocycles. The van der Waals surface area contributed by atoms with Gasteiger partial charge in [-0.2, -0.15) is 0 Å². The van der Waals surface area contributed by atoms with Crippen LogP contribution in [0.2, 0.25) is 0 Å². The maximum Gasteiger partial charge on any atom is 0.236 e. The zero-order valence-electron chi connectivity index (χ0n) is 14.8. The molecule has 2 aromatic heterocycles. The van der Waals surface area contributed by atoms with Crippen LogP contribution < -0.4 is 15.4 Å². The topological polar surface area (TPSA) is 81.6 Å². The first-order valence-electron chi connectivity index (χ1n) is 8.24. The molecule has 0 atom stereocenters. The maximum absolute atomic E-state index is 11.3. The number of aromatic nitrogens is 1. The summed E-state index contributed by atoms with van der Waals surface area (Å²) in [4.78, 5) is 19.0. The van der Waals surface area contributed by atoms with Crippen molar-refractivity contribution in [2.75, 3.05) is 18.6 Å². The lowest BCUT2D eigenvalue weighted by atomic mass is 10.2. The van der Waals surface area contributed by atoms with Crippen LogP contribution in [0, 0.1) is 6.92 Å². The maximum atomic E-state index is 11.3. The lowest BCUT2D eigenvalue weighted by molar-refractivity contribution is -0.117. The number of carbonyl (C=O) groups excluding carboxylic acids is 1. The Bertz CT molecular complexity index is 857. The van der Waals surface area contributed by atoms with Crippen LogP contribution in [-0.2, 0) is 11.3 Å². The molecule has 0 saturated heterocycles. The Morgan fingerprint density at radius 1 is 1.31 bits per heavy atom. The molecule has 0 aliphatic rings. The molecule has 0 spiro atoms. The third-order valence-electron chi connectivity index (χ3n) is 4.03. The first kappa shape index (κ1) is 18.0. The molecule has 0 fully saturated rings. The van der Waals surface area contributed by atoms with Gasteiger partial charge in [-0.25, -0.2) is 4.98 Å². The first-order chi connectivity index (χ1) is 12.6. The summed E-state index contributed by atoms with van der Waals surface area (Å²) in [6, 6.07) is 11.6. The highest BCUT2D eigenvalue weighted by molar-refractivity contribution is 7.13. The van der Waals surface area contributed by atoms with Crippen molar-refractivity contribution in [1.82, 2.24) is 4.98 Å². The number of ether oxygens (including phenoxy) is 1. The molecular weight excluding hydrogens is 350 g/mol. The fourth-order valence-electron chi connectivity index (χ4n) is 2.60. The van der Waals surface area contributed by atoms with E-state index in [0.717, 1.165) is 27.8 Å². The number of aryl methyl sites for hydroxylation is 1. The van der Waals surface area contributed by atoms with Gasteiger partial charge in [-0.3, -0.25) is 4.79 Å². The Kier molecular flexibility index (Phi) is 5.58. The molecule has 2 heterocycles.